The Hall–Kier alpha value is -0.350. The van der Waals surface area contributed by atoms with Gasteiger partial charge in [-0.05, 0) is 49.4 Å². The predicted molar refractivity (Wildman–Crippen MR) is 83.0 cm³/mol. The summed E-state index contributed by atoms with van der Waals surface area (Å²) in [5.74, 6) is 0. The largest absolute Gasteiger partial charge is 0.309 e. The van der Waals surface area contributed by atoms with Crippen molar-refractivity contribution in [3.8, 4) is 0 Å². The highest BCUT2D eigenvalue weighted by Crippen LogP contribution is 2.30. The van der Waals surface area contributed by atoms with Crippen LogP contribution >= 0.6 is 34.3 Å². The summed E-state index contributed by atoms with van der Waals surface area (Å²) in [5, 5.41) is 5.76. The molecular weight excluding hydrogens is 282 g/mol. The fourth-order valence-electron chi connectivity index (χ4n) is 1.92. The lowest BCUT2D eigenvalue weighted by Crippen LogP contribution is -2.21. The second kappa shape index (κ2) is 7.29. The molecule has 0 aromatic carbocycles. The van der Waals surface area contributed by atoms with Crippen LogP contribution in [0, 0.1) is 0 Å². The van der Waals surface area contributed by atoms with Crippen LogP contribution in [0.1, 0.15) is 35.6 Å². The molecule has 1 N–H and O–H groups in total. The van der Waals surface area contributed by atoms with Crippen LogP contribution in [-0.4, -0.2) is 6.54 Å². The number of nitrogens with one attached hydrogen (secondary N) is 1. The molecule has 1 unspecified atom stereocenters. The SMILES string of the molecule is CCCNC(CCc1cccs1)c1ccc(Cl)s1. The van der Waals surface area contributed by atoms with Gasteiger partial charge in [-0.15, -0.1) is 22.7 Å². The van der Waals surface area contributed by atoms with Gasteiger partial charge in [-0.25, -0.2) is 0 Å². The van der Waals surface area contributed by atoms with E-state index in [0.29, 0.717) is 6.04 Å². The van der Waals surface area contributed by atoms with Gasteiger partial charge in [0.1, 0.15) is 0 Å². The molecule has 1 atom stereocenters. The summed E-state index contributed by atoms with van der Waals surface area (Å²) in [6, 6.07) is 8.91. The number of aryl methyl sites for hydroxylation is 1. The molecule has 18 heavy (non-hydrogen) atoms. The van der Waals surface area contributed by atoms with Crippen LogP contribution < -0.4 is 5.32 Å². The quantitative estimate of drug-likeness (QED) is 0.747. The van der Waals surface area contributed by atoms with Crippen LogP contribution in [0.25, 0.3) is 0 Å². The second-order valence-corrected chi connectivity index (χ2v) is 7.05. The highest BCUT2D eigenvalue weighted by molar-refractivity contribution is 7.16. The molecule has 0 radical (unpaired) electrons. The zero-order valence-electron chi connectivity index (χ0n) is 10.5. The van der Waals surface area contributed by atoms with Crippen molar-refractivity contribution in [1.29, 1.82) is 0 Å². The highest BCUT2D eigenvalue weighted by Gasteiger charge is 2.13. The Morgan fingerprint density at radius 2 is 2.22 bits per heavy atom. The fourth-order valence-corrected chi connectivity index (χ4v) is 3.82. The van der Waals surface area contributed by atoms with Crippen LogP contribution in [0.15, 0.2) is 29.6 Å². The molecule has 0 amide bonds. The van der Waals surface area contributed by atoms with Crippen molar-refractivity contribution in [2.75, 3.05) is 6.54 Å². The van der Waals surface area contributed by atoms with E-state index < -0.39 is 0 Å². The number of thiophene rings is 2. The van der Waals surface area contributed by atoms with E-state index in [1.807, 2.05) is 17.4 Å². The first-order valence-electron chi connectivity index (χ1n) is 6.30. The van der Waals surface area contributed by atoms with E-state index in [9.17, 15) is 0 Å². The van der Waals surface area contributed by atoms with E-state index in [-0.39, 0.29) is 0 Å². The summed E-state index contributed by atoms with van der Waals surface area (Å²) >= 11 is 9.56. The van der Waals surface area contributed by atoms with Gasteiger partial charge in [0.25, 0.3) is 0 Å². The smallest absolute Gasteiger partial charge is 0.0931 e. The van der Waals surface area contributed by atoms with Crippen molar-refractivity contribution in [3.05, 3.63) is 43.7 Å². The van der Waals surface area contributed by atoms with Crippen LogP contribution in [-0.2, 0) is 6.42 Å². The highest BCUT2D eigenvalue weighted by atomic mass is 35.5. The topological polar surface area (TPSA) is 12.0 Å². The predicted octanol–water partition coefficient (Wildman–Crippen LogP) is 5.14. The number of hydrogen-bond acceptors (Lipinski definition) is 3. The number of rotatable bonds is 7. The molecule has 0 saturated heterocycles. The molecule has 2 aromatic heterocycles. The summed E-state index contributed by atoms with van der Waals surface area (Å²) < 4.78 is 0.879. The zero-order valence-corrected chi connectivity index (χ0v) is 12.9. The minimum absolute atomic E-state index is 0.435. The van der Waals surface area contributed by atoms with Gasteiger partial charge >= 0.3 is 0 Å². The minimum atomic E-state index is 0.435. The first kappa shape index (κ1) is 14.1. The van der Waals surface area contributed by atoms with Crippen LogP contribution in [0.5, 0.6) is 0 Å². The second-order valence-electron chi connectivity index (χ2n) is 4.27. The molecule has 98 valence electrons. The number of halogens is 1. The normalized spacial score (nSPS) is 12.8. The summed E-state index contributed by atoms with van der Waals surface area (Å²) in [5.41, 5.74) is 0. The Morgan fingerprint density at radius 1 is 1.33 bits per heavy atom. The van der Waals surface area contributed by atoms with Crippen molar-refractivity contribution >= 4 is 34.3 Å². The lowest BCUT2D eigenvalue weighted by Gasteiger charge is -2.16. The van der Waals surface area contributed by atoms with Gasteiger partial charge in [0, 0.05) is 15.8 Å². The molecule has 2 aromatic rings. The van der Waals surface area contributed by atoms with Gasteiger partial charge in [0.05, 0.1) is 4.34 Å². The Kier molecular flexibility index (Phi) is 5.70. The van der Waals surface area contributed by atoms with Gasteiger partial charge < -0.3 is 5.32 Å². The van der Waals surface area contributed by atoms with E-state index >= 15 is 0 Å². The average molecular weight is 300 g/mol. The van der Waals surface area contributed by atoms with Gasteiger partial charge in [0.15, 0.2) is 0 Å². The van der Waals surface area contributed by atoms with Crippen LogP contribution in [0.4, 0.5) is 0 Å². The molecule has 0 saturated carbocycles. The maximum absolute atomic E-state index is 6.03. The average Bonchev–Trinajstić information content (AvgIpc) is 3.01. The first-order chi connectivity index (χ1) is 8.79. The maximum Gasteiger partial charge on any atom is 0.0931 e. The van der Waals surface area contributed by atoms with E-state index in [1.54, 1.807) is 11.3 Å². The third-order valence-electron chi connectivity index (χ3n) is 2.84. The summed E-state index contributed by atoms with van der Waals surface area (Å²) in [6.45, 7) is 3.26. The monoisotopic (exact) mass is 299 g/mol. The van der Waals surface area contributed by atoms with E-state index in [1.165, 1.54) is 9.75 Å². The fraction of sp³-hybridized carbons (Fsp3) is 0.429. The van der Waals surface area contributed by atoms with Crippen LogP contribution in [0.2, 0.25) is 4.34 Å². The minimum Gasteiger partial charge on any atom is -0.309 e. The summed E-state index contributed by atoms with van der Waals surface area (Å²) in [4.78, 5) is 2.81. The van der Waals surface area contributed by atoms with Gasteiger partial charge in [-0.2, -0.15) is 0 Å². The Bertz CT molecular complexity index is 450. The lowest BCUT2D eigenvalue weighted by atomic mass is 10.1. The lowest BCUT2D eigenvalue weighted by molar-refractivity contribution is 0.507. The number of hydrogen-bond donors (Lipinski definition) is 1. The standard InChI is InChI=1S/C14H18ClNS2/c1-2-9-16-12(13-7-8-14(15)18-13)6-5-11-4-3-10-17-11/h3-4,7-8,10,12,16H,2,5-6,9H2,1H3. The molecule has 0 aliphatic rings. The van der Waals surface area contributed by atoms with Gasteiger partial charge in [-0.1, -0.05) is 24.6 Å². The molecular formula is C14H18ClNS2. The molecule has 0 aliphatic carbocycles. The van der Waals surface area contributed by atoms with Crippen molar-refractivity contribution in [2.24, 2.45) is 0 Å². The molecule has 4 heteroatoms. The Morgan fingerprint density at radius 3 is 2.83 bits per heavy atom. The van der Waals surface area contributed by atoms with Gasteiger partial charge in [0.2, 0.25) is 0 Å². The maximum atomic E-state index is 6.03. The third-order valence-corrected chi connectivity index (χ3v) is 5.12. The van der Waals surface area contributed by atoms with E-state index in [4.69, 9.17) is 11.6 Å². The van der Waals surface area contributed by atoms with Crippen molar-refractivity contribution in [1.82, 2.24) is 5.32 Å². The van der Waals surface area contributed by atoms with Crippen LogP contribution in [0.3, 0.4) is 0 Å². The molecule has 1 nitrogen and oxygen atoms in total. The molecule has 0 aliphatic heterocycles. The van der Waals surface area contributed by atoms with Crippen molar-refractivity contribution in [2.45, 2.75) is 32.2 Å². The molecule has 0 spiro atoms. The summed E-state index contributed by atoms with van der Waals surface area (Å²) in [6.07, 6.45) is 3.43. The molecule has 2 rings (SSSR count). The molecule has 0 fully saturated rings. The zero-order chi connectivity index (χ0) is 12.8. The summed E-state index contributed by atoms with van der Waals surface area (Å²) in [7, 11) is 0. The van der Waals surface area contributed by atoms with E-state index in [0.717, 1.165) is 30.1 Å². The van der Waals surface area contributed by atoms with Crippen molar-refractivity contribution in [3.63, 3.8) is 0 Å². The van der Waals surface area contributed by atoms with E-state index in [2.05, 4.69) is 35.8 Å². The molecule has 0 bridgehead atoms. The van der Waals surface area contributed by atoms with Gasteiger partial charge in [-0.3, -0.25) is 0 Å². The first-order valence-corrected chi connectivity index (χ1v) is 8.38. The third kappa shape index (κ3) is 4.09. The Balaban J connectivity index is 1.96. The molecule has 2 heterocycles. The Labute approximate surface area is 122 Å². The van der Waals surface area contributed by atoms with Crippen molar-refractivity contribution < 1.29 is 0 Å².